The van der Waals surface area contributed by atoms with Gasteiger partial charge in [-0.3, -0.25) is 4.79 Å². The van der Waals surface area contributed by atoms with Crippen LogP contribution in [-0.4, -0.2) is 32.8 Å². The highest BCUT2D eigenvalue weighted by Crippen LogP contribution is 2.29. The Bertz CT molecular complexity index is 413. The zero-order valence-corrected chi connectivity index (χ0v) is 10.9. The van der Waals surface area contributed by atoms with Crippen molar-refractivity contribution in [1.82, 2.24) is 0 Å². The molecule has 1 aromatic rings. The second-order valence-corrected chi connectivity index (χ2v) is 4.36. The van der Waals surface area contributed by atoms with Crippen LogP contribution >= 0.6 is 0 Å². The number of carbonyl (C=O) groups excluding carboxylic acids is 1. The van der Waals surface area contributed by atoms with E-state index >= 15 is 0 Å². The monoisotopic (exact) mass is 249 g/mol. The maximum absolute atomic E-state index is 12.3. The van der Waals surface area contributed by atoms with Crippen LogP contribution in [0, 0.1) is 5.92 Å². The van der Waals surface area contributed by atoms with Crippen LogP contribution in [0.3, 0.4) is 0 Å². The highest BCUT2D eigenvalue weighted by molar-refractivity contribution is 5.96. The molecular formula is C14H19NO3. The third-order valence-corrected chi connectivity index (χ3v) is 3.14. The number of carbonyl (C=O) groups is 1. The van der Waals surface area contributed by atoms with Crippen molar-refractivity contribution in [2.24, 2.45) is 5.92 Å². The van der Waals surface area contributed by atoms with Crippen LogP contribution < -0.4 is 9.64 Å². The van der Waals surface area contributed by atoms with Crippen molar-refractivity contribution < 1.29 is 14.3 Å². The van der Waals surface area contributed by atoms with E-state index in [0.717, 1.165) is 17.9 Å². The van der Waals surface area contributed by atoms with Gasteiger partial charge in [-0.25, -0.2) is 0 Å². The van der Waals surface area contributed by atoms with Crippen LogP contribution in [0.4, 0.5) is 5.69 Å². The molecule has 0 aliphatic carbocycles. The third kappa shape index (κ3) is 2.64. The van der Waals surface area contributed by atoms with Crippen molar-refractivity contribution in [2.75, 3.05) is 31.8 Å². The van der Waals surface area contributed by atoms with Gasteiger partial charge in [-0.05, 0) is 25.5 Å². The highest BCUT2D eigenvalue weighted by Gasteiger charge is 2.27. The second-order valence-electron chi connectivity index (χ2n) is 4.36. The minimum absolute atomic E-state index is 0.0234. The number of rotatable bonds is 4. The van der Waals surface area contributed by atoms with Gasteiger partial charge in [-0.15, -0.1) is 0 Å². The molecule has 0 spiro atoms. The van der Waals surface area contributed by atoms with Crippen LogP contribution in [0.2, 0.25) is 0 Å². The van der Waals surface area contributed by atoms with Crippen LogP contribution in [0.25, 0.3) is 0 Å². The molecule has 1 fully saturated rings. The van der Waals surface area contributed by atoms with E-state index in [9.17, 15) is 4.79 Å². The first-order chi connectivity index (χ1) is 8.74. The average molecular weight is 249 g/mol. The molecule has 1 atom stereocenters. The van der Waals surface area contributed by atoms with E-state index in [4.69, 9.17) is 9.47 Å². The topological polar surface area (TPSA) is 38.8 Å². The normalized spacial score (nSPS) is 18.7. The fraction of sp³-hybridized carbons (Fsp3) is 0.500. The maximum Gasteiger partial charge on any atom is 0.232 e. The van der Waals surface area contributed by atoms with Gasteiger partial charge in [0.2, 0.25) is 5.91 Å². The molecule has 1 aromatic carbocycles. The molecule has 1 amide bonds. The Kier molecular flexibility index (Phi) is 4.20. The van der Waals surface area contributed by atoms with Gasteiger partial charge >= 0.3 is 0 Å². The van der Waals surface area contributed by atoms with Gasteiger partial charge in [0.05, 0.1) is 24.8 Å². The van der Waals surface area contributed by atoms with Gasteiger partial charge in [0.15, 0.2) is 0 Å². The number of amides is 1. The minimum atomic E-state index is -0.0234. The van der Waals surface area contributed by atoms with E-state index in [0.29, 0.717) is 19.8 Å². The van der Waals surface area contributed by atoms with Crippen molar-refractivity contribution in [1.29, 1.82) is 0 Å². The summed E-state index contributed by atoms with van der Waals surface area (Å²) in [5.41, 5.74) is 0.816. The van der Waals surface area contributed by atoms with E-state index in [-0.39, 0.29) is 11.8 Å². The molecule has 2 rings (SSSR count). The molecule has 18 heavy (non-hydrogen) atoms. The second kappa shape index (κ2) is 5.87. The minimum Gasteiger partial charge on any atom is -0.492 e. The van der Waals surface area contributed by atoms with E-state index in [1.807, 2.05) is 31.2 Å². The molecule has 1 heterocycles. The lowest BCUT2D eigenvalue weighted by atomic mass is 10.1. The van der Waals surface area contributed by atoms with Gasteiger partial charge in [0.1, 0.15) is 5.75 Å². The Morgan fingerprint density at radius 2 is 2.28 bits per heavy atom. The standard InChI is InChI=1S/C14H19NO3/c1-3-18-13-7-5-4-6-12(13)15(2)14(16)11-8-9-17-10-11/h4-7,11H,3,8-10H2,1-2H3/t11-/m1/s1. The first kappa shape index (κ1) is 12.9. The number of anilines is 1. The molecule has 1 aliphatic rings. The SMILES string of the molecule is CCOc1ccccc1N(C)C(=O)[C@@H]1CCOC1. The summed E-state index contributed by atoms with van der Waals surface area (Å²) in [6.07, 6.45) is 0.806. The maximum atomic E-state index is 12.3. The number of ether oxygens (including phenoxy) is 2. The molecule has 4 nitrogen and oxygen atoms in total. The van der Waals surface area contributed by atoms with Crippen LogP contribution in [0.5, 0.6) is 5.75 Å². The zero-order valence-electron chi connectivity index (χ0n) is 10.9. The predicted octanol–water partition coefficient (Wildman–Crippen LogP) is 2.08. The van der Waals surface area contributed by atoms with Gasteiger partial charge in [-0.1, -0.05) is 12.1 Å². The van der Waals surface area contributed by atoms with Crippen LogP contribution in [0.15, 0.2) is 24.3 Å². The van der Waals surface area contributed by atoms with Gasteiger partial charge in [0.25, 0.3) is 0 Å². The van der Waals surface area contributed by atoms with Crippen molar-refractivity contribution >= 4 is 11.6 Å². The Labute approximate surface area is 107 Å². The summed E-state index contributed by atoms with van der Waals surface area (Å²) in [5.74, 6) is 0.819. The number of benzene rings is 1. The predicted molar refractivity (Wildman–Crippen MR) is 69.9 cm³/mol. The lowest BCUT2D eigenvalue weighted by Gasteiger charge is -2.22. The molecule has 0 radical (unpaired) electrons. The Hall–Kier alpha value is -1.55. The first-order valence-corrected chi connectivity index (χ1v) is 6.31. The van der Waals surface area contributed by atoms with E-state index < -0.39 is 0 Å². The molecule has 1 aliphatic heterocycles. The molecule has 98 valence electrons. The summed E-state index contributed by atoms with van der Waals surface area (Å²) >= 11 is 0. The quantitative estimate of drug-likeness (QED) is 0.820. The number of hydrogen-bond donors (Lipinski definition) is 0. The molecule has 0 saturated carbocycles. The lowest BCUT2D eigenvalue weighted by molar-refractivity contribution is -0.122. The van der Waals surface area contributed by atoms with Gasteiger partial charge < -0.3 is 14.4 Å². The van der Waals surface area contributed by atoms with E-state index in [1.54, 1.807) is 11.9 Å². The Morgan fingerprint density at radius 3 is 2.94 bits per heavy atom. The number of nitrogens with zero attached hydrogens (tertiary/aromatic N) is 1. The Balaban J connectivity index is 2.16. The lowest BCUT2D eigenvalue weighted by Crippen LogP contribution is -2.33. The summed E-state index contributed by atoms with van der Waals surface area (Å²) in [5, 5.41) is 0. The zero-order chi connectivity index (χ0) is 13.0. The molecule has 0 bridgehead atoms. The van der Waals surface area contributed by atoms with Crippen molar-refractivity contribution in [3.05, 3.63) is 24.3 Å². The fourth-order valence-corrected chi connectivity index (χ4v) is 2.13. The van der Waals surface area contributed by atoms with E-state index in [1.165, 1.54) is 0 Å². The highest BCUT2D eigenvalue weighted by atomic mass is 16.5. The van der Waals surface area contributed by atoms with Crippen molar-refractivity contribution in [3.63, 3.8) is 0 Å². The van der Waals surface area contributed by atoms with Crippen molar-refractivity contribution in [2.45, 2.75) is 13.3 Å². The molecule has 4 heteroatoms. The fourth-order valence-electron chi connectivity index (χ4n) is 2.13. The summed E-state index contributed by atoms with van der Waals surface area (Å²) < 4.78 is 10.8. The van der Waals surface area contributed by atoms with Crippen molar-refractivity contribution in [3.8, 4) is 5.75 Å². The van der Waals surface area contributed by atoms with Gasteiger partial charge in [-0.2, -0.15) is 0 Å². The first-order valence-electron chi connectivity index (χ1n) is 6.31. The number of para-hydroxylation sites is 2. The van der Waals surface area contributed by atoms with Gasteiger partial charge in [0, 0.05) is 13.7 Å². The molecule has 0 unspecified atom stereocenters. The molecule has 0 N–H and O–H groups in total. The molecule has 0 aromatic heterocycles. The van der Waals surface area contributed by atoms with Crippen LogP contribution in [0.1, 0.15) is 13.3 Å². The molecule has 1 saturated heterocycles. The van der Waals surface area contributed by atoms with E-state index in [2.05, 4.69) is 0 Å². The van der Waals surface area contributed by atoms with Crippen LogP contribution in [-0.2, 0) is 9.53 Å². The smallest absolute Gasteiger partial charge is 0.232 e. The summed E-state index contributed by atoms with van der Waals surface area (Å²) in [6.45, 7) is 3.73. The summed E-state index contributed by atoms with van der Waals surface area (Å²) in [7, 11) is 1.79. The summed E-state index contributed by atoms with van der Waals surface area (Å²) in [6, 6.07) is 7.60. The average Bonchev–Trinajstić information content (AvgIpc) is 2.92. The number of hydrogen-bond acceptors (Lipinski definition) is 3. The Morgan fingerprint density at radius 1 is 1.50 bits per heavy atom. The molecular weight excluding hydrogens is 230 g/mol. The largest absolute Gasteiger partial charge is 0.492 e. The summed E-state index contributed by atoms with van der Waals surface area (Å²) in [4.78, 5) is 14.0. The third-order valence-electron chi connectivity index (χ3n) is 3.14.